The van der Waals surface area contributed by atoms with Gasteiger partial charge in [-0.25, -0.2) is 9.59 Å². The van der Waals surface area contributed by atoms with Crippen LogP contribution in [0.4, 0.5) is 5.69 Å². The van der Waals surface area contributed by atoms with Crippen LogP contribution in [0.2, 0.25) is 0 Å². The molecule has 2 N–H and O–H groups in total. The molecule has 0 fully saturated rings. The molecule has 2 aromatic carbocycles. The molecule has 3 rings (SSSR count). The molecule has 10 nitrogen and oxygen atoms in total. The largest absolute Gasteiger partial charge is 0.483 e. The number of amides is 1. The Morgan fingerprint density at radius 1 is 0.906 bits per heavy atom. The van der Waals surface area contributed by atoms with Crippen molar-refractivity contribution in [3.63, 3.8) is 0 Å². The van der Waals surface area contributed by atoms with Crippen molar-refractivity contribution in [2.24, 2.45) is 0 Å². The first kappa shape index (κ1) is 22.5. The summed E-state index contributed by atoms with van der Waals surface area (Å²) in [6.45, 7) is 3.61. The summed E-state index contributed by atoms with van der Waals surface area (Å²) in [7, 11) is 0. The Morgan fingerprint density at radius 2 is 1.59 bits per heavy atom. The second-order valence-corrected chi connectivity index (χ2v) is 6.37. The van der Waals surface area contributed by atoms with Gasteiger partial charge in [0.15, 0.2) is 12.3 Å². The molecule has 0 aliphatic heterocycles. The van der Waals surface area contributed by atoms with Crippen molar-refractivity contribution >= 4 is 23.5 Å². The van der Waals surface area contributed by atoms with Crippen LogP contribution >= 0.6 is 0 Å². The Kier molecular flexibility index (Phi) is 7.52. The summed E-state index contributed by atoms with van der Waals surface area (Å²) in [4.78, 5) is 36.1. The van der Waals surface area contributed by atoms with Gasteiger partial charge in [-0.2, -0.15) is 10.3 Å². The van der Waals surface area contributed by atoms with E-state index in [0.29, 0.717) is 22.6 Å². The minimum Gasteiger partial charge on any atom is -0.483 e. The summed E-state index contributed by atoms with van der Waals surface area (Å²) in [5.41, 5.74) is 1.65. The number of nitrogens with zero attached hydrogens (tertiary/aromatic N) is 2. The molecule has 0 radical (unpaired) electrons. The van der Waals surface area contributed by atoms with Crippen molar-refractivity contribution in [2.75, 3.05) is 25.1 Å². The third-order valence-corrected chi connectivity index (χ3v) is 4.20. The highest BCUT2D eigenvalue weighted by molar-refractivity contribution is 5.95. The Balaban J connectivity index is 1.66. The first-order valence-electron chi connectivity index (χ1n) is 9.90. The van der Waals surface area contributed by atoms with Gasteiger partial charge in [-0.3, -0.25) is 4.79 Å². The van der Waals surface area contributed by atoms with Gasteiger partial charge in [-0.05, 0) is 50.2 Å². The van der Waals surface area contributed by atoms with Crippen LogP contribution in [0, 0.1) is 0 Å². The number of anilines is 1. The van der Waals surface area contributed by atoms with E-state index < -0.39 is 17.8 Å². The van der Waals surface area contributed by atoms with Crippen molar-refractivity contribution < 1.29 is 28.6 Å². The van der Waals surface area contributed by atoms with Gasteiger partial charge in [-0.1, -0.05) is 12.1 Å². The Hall–Kier alpha value is -4.21. The Bertz CT molecular complexity index is 1090. The minimum absolute atomic E-state index is 0.0223. The SMILES string of the molecule is CCOC(=O)c1ccc(NC(=O)COc2ccccc2-c2n[nH]nc2C(=O)OCC)cc1. The van der Waals surface area contributed by atoms with Crippen LogP contribution in [0.25, 0.3) is 11.3 Å². The molecule has 32 heavy (non-hydrogen) atoms. The maximum atomic E-state index is 12.3. The van der Waals surface area contributed by atoms with Crippen molar-refractivity contribution in [1.29, 1.82) is 0 Å². The molecule has 10 heteroatoms. The fourth-order valence-corrected chi connectivity index (χ4v) is 2.79. The number of carbonyl (C=O) groups excluding carboxylic acids is 3. The number of esters is 2. The highest BCUT2D eigenvalue weighted by Crippen LogP contribution is 2.30. The van der Waals surface area contributed by atoms with E-state index in [4.69, 9.17) is 14.2 Å². The molecule has 0 saturated carbocycles. The molecule has 0 atom stereocenters. The van der Waals surface area contributed by atoms with E-state index in [1.165, 1.54) is 0 Å². The predicted octanol–water partition coefficient (Wildman–Crippen LogP) is 2.84. The fourth-order valence-electron chi connectivity index (χ4n) is 2.79. The Labute approximate surface area is 183 Å². The third kappa shape index (κ3) is 5.48. The van der Waals surface area contributed by atoms with Crippen LogP contribution in [0.1, 0.15) is 34.7 Å². The van der Waals surface area contributed by atoms with Gasteiger partial charge >= 0.3 is 11.9 Å². The molecule has 1 heterocycles. The number of benzene rings is 2. The van der Waals surface area contributed by atoms with Gasteiger partial charge in [0.05, 0.1) is 18.8 Å². The number of para-hydroxylation sites is 1. The number of aromatic amines is 1. The van der Waals surface area contributed by atoms with Crippen molar-refractivity contribution in [3.05, 3.63) is 59.8 Å². The number of aromatic nitrogens is 3. The van der Waals surface area contributed by atoms with E-state index in [1.54, 1.807) is 62.4 Å². The topological polar surface area (TPSA) is 132 Å². The Morgan fingerprint density at radius 3 is 2.31 bits per heavy atom. The molecular weight excluding hydrogens is 416 g/mol. The minimum atomic E-state index is -0.616. The third-order valence-electron chi connectivity index (χ3n) is 4.20. The summed E-state index contributed by atoms with van der Waals surface area (Å²) >= 11 is 0. The fraction of sp³-hybridized carbons (Fsp3) is 0.227. The molecule has 0 aliphatic rings. The molecular formula is C22H22N4O6. The van der Waals surface area contributed by atoms with Crippen molar-refractivity contribution in [3.8, 4) is 17.0 Å². The maximum Gasteiger partial charge on any atom is 0.361 e. The predicted molar refractivity (Wildman–Crippen MR) is 114 cm³/mol. The van der Waals surface area contributed by atoms with E-state index in [9.17, 15) is 14.4 Å². The summed E-state index contributed by atoms with van der Waals surface area (Å²) in [6, 6.07) is 13.1. The standard InChI is InChI=1S/C22H22N4O6/c1-3-30-21(28)14-9-11-15(12-10-14)23-18(27)13-32-17-8-6-5-7-16(17)19-20(25-26-24-19)22(29)31-4-2/h5-12H,3-4,13H2,1-2H3,(H,23,27)(H,24,25,26). The van der Waals surface area contributed by atoms with E-state index in [0.717, 1.165) is 0 Å². The van der Waals surface area contributed by atoms with Crippen LogP contribution in [-0.2, 0) is 14.3 Å². The molecule has 0 saturated heterocycles. The van der Waals surface area contributed by atoms with Gasteiger partial charge in [0.1, 0.15) is 11.4 Å². The van der Waals surface area contributed by atoms with Gasteiger partial charge in [-0.15, -0.1) is 5.10 Å². The molecule has 1 aromatic heterocycles. The first-order valence-corrected chi connectivity index (χ1v) is 9.90. The van der Waals surface area contributed by atoms with Crippen LogP contribution in [-0.4, -0.2) is 53.1 Å². The summed E-state index contributed by atoms with van der Waals surface area (Å²) in [6.07, 6.45) is 0. The molecule has 0 bridgehead atoms. The number of nitrogens with one attached hydrogen (secondary N) is 2. The molecule has 0 spiro atoms. The first-order chi connectivity index (χ1) is 15.5. The number of rotatable bonds is 9. The van der Waals surface area contributed by atoms with Gasteiger partial charge in [0.2, 0.25) is 0 Å². The monoisotopic (exact) mass is 438 g/mol. The molecule has 0 aliphatic carbocycles. The van der Waals surface area contributed by atoms with Crippen molar-refractivity contribution in [2.45, 2.75) is 13.8 Å². The van der Waals surface area contributed by atoms with E-state index in [-0.39, 0.29) is 31.2 Å². The lowest BCUT2D eigenvalue weighted by molar-refractivity contribution is -0.118. The highest BCUT2D eigenvalue weighted by atomic mass is 16.5. The number of hydrogen-bond donors (Lipinski definition) is 2. The summed E-state index contributed by atoms with van der Waals surface area (Å²) < 4.78 is 15.6. The molecule has 3 aromatic rings. The number of ether oxygens (including phenoxy) is 3. The second kappa shape index (κ2) is 10.7. The average molecular weight is 438 g/mol. The van der Waals surface area contributed by atoms with Gasteiger partial charge in [0, 0.05) is 11.3 Å². The molecule has 166 valence electrons. The summed E-state index contributed by atoms with van der Waals surface area (Å²) in [5, 5.41) is 13.0. The maximum absolute atomic E-state index is 12.3. The van der Waals surface area contributed by atoms with Gasteiger partial charge < -0.3 is 19.5 Å². The van der Waals surface area contributed by atoms with E-state index in [1.807, 2.05) is 0 Å². The molecule has 1 amide bonds. The van der Waals surface area contributed by atoms with Crippen LogP contribution in [0.3, 0.4) is 0 Å². The van der Waals surface area contributed by atoms with Crippen LogP contribution in [0.15, 0.2) is 48.5 Å². The lowest BCUT2D eigenvalue weighted by atomic mass is 10.1. The van der Waals surface area contributed by atoms with E-state index >= 15 is 0 Å². The zero-order valence-corrected chi connectivity index (χ0v) is 17.6. The normalized spacial score (nSPS) is 10.3. The number of carbonyl (C=O) groups is 3. The van der Waals surface area contributed by atoms with Crippen LogP contribution < -0.4 is 10.1 Å². The zero-order valence-electron chi connectivity index (χ0n) is 17.6. The summed E-state index contributed by atoms with van der Waals surface area (Å²) in [5.74, 6) is -1.11. The van der Waals surface area contributed by atoms with E-state index in [2.05, 4.69) is 20.7 Å². The smallest absolute Gasteiger partial charge is 0.361 e. The lowest BCUT2D eigenvalue weighted by Gasteiger charge is -2.11. The lowest BCUT2D eigenvalue weighted by Crippen LogP contribution is -2.20. The molecule has 0 unspecified atom stereocenters. The number of H-pyrrole nitrogens is 1. The van der Waals surface area contributed by atoms with Crippen LogP contribution in [0.5, 0.6) is 5.75 Å². The quantitative estimate of drug-likeness (QED) is 0.487. The van der Waals surface area contributed by atoms with Crippen molar-refractivity contribution in [1.82, 2.24) is 15.4 Å². The zero-order chi connectivity index (χ0) is 22.9. The number of hydrogen-bond acceptors (Lipinski definition) is 8. The highest BCUT2D eigenvalue weighted by Gasteiger charge is 2.22. The second-order valence-electron chi connectivity index (χ2n) is 6.37. The van der Waals surface area contributed by atoms with Gasteiger partial charge in [0.25, 0.3) is 5.91 Å². The average Bonchev–Trinajstić information content (AvgIpc) is 3.29.